The number of carbonyl (C=O) groups excluding carboxylic acids is 4. The van der Waals surface area contributed by atoms with Gasteiger partial charge in [0.2, 0.25) is 0 Å². The van der Waals surface area contributed by atoms with Crippen LogP contribution < -0.4 is 30.6 Å². The maximum absolute atomic E-state index is 10.9. The summed E-state index contributed by atoms with van der Waals surface area (Å²) in [6.07, 6.45) is 0.973. The van der Waals surface area contributed by atoms with Crippen molar-refractivity contribution in [3.8, 4) is 0 Å². The Morgan fingerprint density at radius 2 is 0.700 bits per heavy atom. The summed E-state index contributed by atoms with van der Waals surface area (Å²) in [5.41, 5.74) is -2.94. The van der Waals surface area contributed by atoms with Crippen molar-refractivity contribution < 1.29 is 93.3 Å². The van der Waals surface area contributed by atoms with Gasteiger partial charge in [0.1, 0.15) is 0 Å². The monoisotopic (exact) mass is 642 g/mol. The Kier molecular flexibility index (Phi) is 30.8. The summed E-state index contributed by atoms with van der Waals surface area (Å²) in [5.74, 6) is -4.42. The molecule has 0 bridgehead atoms. The van der Waals surface area contributed by atoms with Gasteiger partial charge < -0.3 is 49.8 Å². The fourth-order valence-corrected chi connectivity index (χ4v) is 2.53. The zero-order valence-corrected chi connectivity index (χ0v) is 29.6. The Hall–Kier alpha value is -0.771. The van der Waals surface area contributed by atoms with Gasteiger partial charge in [-0.15, -0.1) is 12.2 Å². The van der Waals surface area contributed by atoms with Gasteiger partial charge in [-0.2, -0.15) is 0 Å². The molecule has 0 rings (SSSR count). The molecule has 0 radical (unpaired) electrons. The van der Waals surface area contributed by atoms with Crippen molar-refractivity contribution in [2.45, 2.75) is 134 Å². The summed E-state index contributed by atoms with van der Waals surface area (Å²) in [5, 5.41) is 61.4. The van der Waals surface area contributed by atoms with E-state index in [-0.39, 0.29) is 56.3 Å². The van der Waals surface area contributed by atoms with Crippen LogP contribution in [0.25, 0.3) is 0 Å². The zero-order chi connectivity index (χ0) is 31.7. The second-order valence-corrected chi connectivity index (χ2v) is 12.1. The van der Waals surface area contributed by atoms with Crippen LogP contribution in [-0.4, -0.2) is 36.1 Å². The van der Waals surface area contributed by atoms with Crippen LogP contribution in [0, 0.1) is 21.7 Å². The molecule has 40 heavy (non-hydrogen) atoms. The Balaban J connectivity index is -0.000000109. The van der Waals surface area contributed by atoms with Gasteiger partial charge in [-0.05, 0) is 49.4 Å². The third kappa shape index (κ3) is 26.1. The van der Waals surface area contributed by atoms with Crippen LogP contribution in [0.15, 0.2) is 0 Å². The first kappa shape index (κ1) is 51.9. The summed E-state index contributed by atoms with van der Waals surface area (Å²) >= 11 is 0. The van der Waals surface area contributed by atoms with E-state index in [1.165, 1.54) is 0 Å². The number of carboxylic acids is 4. The number of rotatable bonds is 12. The number of hydrogen-bond donors (Lipinski definition) is 0. The predicted octanol–water partition coefficient (Wildman–Crippen LogP) is -1.08. The van der Waals surface area contributed by atoms with Crippen LogP contribution in [0.4, 0.5) is 0 Å². The summed E-state index contributed by atoms with van der Waals surface area (Å²) in [4.78, 5) is 42.3. The van der Waals surface area contributed by atoms with Gasteiger partial charge in [0.25, 0.3) is 0 Å². The Bertz CT molecular complexity index is 650. The largest absolute Gasteiger partial charge is 4.00 e. The summed E-state index contributed by atoms with van der Waals surface area (Å²) in [7, 11) is 0. The third-order valence-corrected chi connectivity index (χ3v) is 6.77. The van der Waals surface area contributed by atoms with Crippen LogP contribution in [-0.2, 0) is 62.6 Å². The van der Waals surface area contributed by atoms with Gasteiger partial charge in [0.15, 0.2) is 0 Å². The molecule has 0 spiro atoms. The first-order valence-electron chi connectivity index (χ1n) is 12.8. The van der Waals surface area contributed by atoms with Crippen LogP contribution >= 0.6 is 0 Å². The number of aliphatic carboxylic acids is 4. The molecule has 0 amide bonds. The maximum atomic E-state index is 10.9. The van der Waals surface area contributed by atoms with Crippen molar-refractivity contribution >= 4 is 23.9 Å². The van der Waals surface area contributed by atoms with Gasteiger partial charge in [-0.25, -0.2) is 0 Å². The second-order valence-electron chi connectivity index (χ2n) is 12.1. The van der Waals surface area contributed by atoms with Crippen LogP contribution in [0.1, 0.15) is 122 Å². The minimum absolute atomic E-state index is 0. The summed E-state index contributed by atoms with van der Waals surface area (Å²) < 4.78 is 0. The Morgan fingerprint density at radius 1 is 0.525 bits per heavy atom. The molecule has 0 atom stereocenters. The van der Waals surface area contributed by atoms with Crippen molar-refractivity contribution in [2.24, 2.45) is 21.7 Å². The fourth-order valence-electron chi connectivity index (χ4n) is 2.53. The van der Waals surface area contributed by atoms with Gasteiger partial charge in [-0.3, -0.25) is 0 Å². The Labute approximate surface area is 271 Å². The van der Waals surface area contributed by atoms with E-state index in [0.29, 0.717) is 25.7 Å². The molecule has 0 N–H and O–H groups in total. The van der Waals surface area contributed by atoms with Gasteiger partial charge >= 0.3 is 43.4 Å². The molecular formula is C28H50O10Ti2+2. The first-order chi connectivity index (χ1) is 16.7. The van der Waals surface area contributed by atoms with E-state index in [2.05, 4.69) is 0 Å². The van der Waals surface area contributed by atoms with Crippen LogP contribution in [0.5, 0.6) is 0 Å². The molecule has 0 aliphatic rings. The van der Waals surface area contributed by atoms with Crippen molar-refractivity contribution in [1.29, 1.82) is 0 Å². The molecule has 0 heterocycles. The van der Waals surface area contributed by atoms with Crippen molar-refractivity contribution in [3.63, 3.8) is 0 Å². The molecule has 0 aromatic heterocycles. The van der Waals surface area contributed by atoms with E-state index < -0.39 is 57.7 Å². The molecule has 0 aromatic carbocycles. The van der Waals surface area contributed by atoms with Crippen molar-refractivity contribution in [1.82, 2.24) is 0 Å². The molecule has 0 aliphatic heterocycles. The third-order valence-electron chi connectivity index (χ3n) is 6.77. The number of carboxylic acid groups (broad SMARTS) is 4. The molecule has 0 saturated carbocycles. The molecule has 10 nitrogen and oxygen atoms in total. The average molecular weight is 642 g/mol. The van der Waals surface area contributed by atoms with Crippen molar-refractivity contribution in [3.05, 3.63) is 0 Å². The second kappa shape index (κ2) is 23.8. The molecule has 0 unspecified atom stereocenters. The minimum Gasteiger partial charge on any atom is -0.852 e. The molecule has 0 aliphatic carbocycles. The standard InChI is InChI=1S/2C11H20O4.2C3H7O.2Ti/c2*1-10(2,7-5-6-8(12)13)11(3,4)9(14)15;2*1-3(2)4;;/h2*5-7H2,1-4H3,(H,12,13)(H,14,15);2*3H,1-2H3;;/q;;2*-1;2*+4/p-4. The van der Waals surface area contributed by atoms with Crippen LogP contribution in [0.3, 0.4) is 0 Å². The quantitative estimate of drug-likeness (QED) is 0.235. The summed E-state index contributed by atoms with van der Waals surface area (Å²) in [6.45, 7) is 20.1. The van der Waals surface area contributed by atoms with E-state index in [9.17, 15) is 49.8 Å². The van der Waals surface area contributed by atoms with E-state index >= 15 is 0 Å². The average Bonchev–Trinajstić information content (AvgIpc) is 2.66. The fraction of sp³-hybridized carbons (Fsp3) is 0.857. The van der Waals surface area contributed by atoms with Gasteiger partial charge in [-0.1, -0.05) is 83.1 Å². The SMILES string of the molecule is CC(C)(CCCC(=O)[O-])C(C)(C)C(=O)[O-].CC(C)(CCCC(=O)[O-])C(C)(C)C(=O)[O-].CC(C)[O-].CC(C)[O-].[Ti+4].[Ti+4]. The summed E-state index contributed by atoms with van der Waals surface area (Å²) in [6, 6.07) is 0. The van der Waals surface area contributed by atoms with Gasteiger partial charge in [0, 0.05) is 34.7 Å². The molecule has 228 valence electrons. The zero-order valence-electron chi connectivity index (χ0n) is 26.5. The minimum atomic E-state index is -1.11. The topological polar surface area (TPSA) is 207 Å². The molecule has 0 saturated heterocycles. The number of carbonyl (C=O) groups is 4. The van der Waals surface area contributed by atoms with Crippen LogP contribution in [0.2, 0.25) is 0 Å². The molecule has 0 fully saturated rings. The maximum Gasteiger partial charge on any atom is 4.00 e. The smallest absolute Gasteiger partial charge is 0.852 e. The van der Waals surface area contributed by atoms with E-state index in [4.69, 9.17) is 0 Å². The Morgan fingerprint density at radius 3 is 0.825 bits per heavy atom. The van der Waals surface area contributed by atoms with Gasteiger partial charge in [0.05, 0.1) is 0 Å². The number of hydrogen-bond acceptors (Lipinski definition) is 10. The molecule has 12 heteroatoms. The van der Waals surface area contributed by atoms with E-state index in [1.807, 2.05) is 0 Å². The van der Waals surface area contributed by atoms with E-state index in [1.54, 1.807) is 83.1 Å². The predicted molar refractivity (Wildman–Crippen MR) is 133 cm³/mol. The van der Waals surface area contributed by atoms with E-state index in [0.717, 1.165) is 0 Å². The molecular weight excluding hydrogens is 592 g/mol. The first-order valence-corrected chi connectivity index (χ1v) is 12.8. The normalized spacial score (nSPS) is 11.2. The van der Waals surface area contributed by atoms with Crippen molar-refractivity contribution in [2.75, 3.05) is 0 Å². The molecule has 0 aromatic rings.